The molecule has 0 unspecified atom stereocenters. The highest BCUT2D eigenvalue weighted by atomic mass is 35.5. The van der Waals surface area contributed by atoms with E-state index in [0.29, 0.717) is 6.54 Å². The Labute approximate surface area is 165 Å². The number of rotatable bonds is 4. The van der Waals surface area contributed by atoms with Gasteiger partial charge in [0.1, 0.15) is 21.8 Å². The van der Waals surface area contributed by atoms with Crippen molar-refractivity contribution >= 4 is 39.7 Å². The highest BCUT2D eigenvalue weighted by molar-refractivity contribution is 7.91. The second-order valence-electron chi connectivity index (χ2n) is 8.50. The summed E-state index contributed by atoms with van der Waals surface area (Å²) in [4.78, 5) is 4.03. The monoisotopic (exact) mass is 421 g/mol. The van der Waals surface area contributed by atoms with Crippen LogP contribution in [0.1, 0.15) is 47.1 Å². The van der Waals surface area contributed by atoms with Crippen LogP contribution in [0, 0.1) is 11.2 Å². The van der Waals surface area contributed by atoms with Crippen LogP contribution in [0.2, 0.25) is 5.15 Å². The van der Waals surface area contributed by atoms with Crippen molar-refractivity contribution in [2.75, 3.05) is 0 Å². The number of hydrogen-bond acceptors (Lipinski definition) is 3. The summed E-state index contributed by atoms with van der Waals surface area (Å²) in [5.41, 5.74) is -0.558. The third kappa shape index (κ3) is 5.18. The molecule has 0 aliphatic carbocycles. The van der Waals surface area contributed by atoms with Gasteiger partial charge in [0, 0.05) is 23.7 Å². The van der Waals surface area contributed by atoms with Crippen LogP contribution in [0.25, 0.3) is 11.0 Å². The van der Waals surface area contributed by atoms with Crippen molar-refractivity contribution in [3.63, 3.8) is 0 Å². The Morgan fingerprint density at radius 2 is 1.89 bits per heavy atom. The lowest BCUT2D eigenvalue weighted by Crippen LogP contribution is -2.28. The molecule has 2 heterocycles. The minimum atomic E-state index is -2.98. The minimum Gasteiger partial charge on any atom is -0.591 e. The second-order valence-corrected chi connectivity index (χ2v) is 10.8. The van der Waals surface area contributed by atoms with Crippen LogP contribution >= 0.6 is 11.6 Å². The molecule has 0 aliphatic rings. The van der Waals surface area contributed by atoms with Gasteiger partial charge < -0.3 is 9.12 Å². The maximum absolute atomic E-state index is 14.0. The zero-order valence-electron chi connectivity index (χ0n) is 16.1. The van der Waals surface area contributed by atoms with E-state index in [0.717, 1.165) is 6.07 Å². The molecule has 0 N–H and O–H groups in total. The van der Waals surface area contributed by atoms with Crippen LogP contribution in [0.4, 0.5) is 13.2 Å². The average molecular weight is 422 g/mol. The van der Waals surface area contributed by atoms with Crippen molar-refractivity contribution in [1.82, 2.24) is 9.55 Å². The molecule has 0 aromatic carbocycles. The normalized spacial score (nSPS) is 15.0. The van der Waals surface area contributed by atoms with Crippen molar-refractivity contribution in [3.8, 4) is 0 Å². The topological polar surface area (TPSA) is 53.2 Å². The van der Waals surface area contributed by atoms with E-state index in [4.69, 9.17) is 11.6 Å². The molecule has 2 aromatic rings. The first kappa shape index (κ1) is 22.0. The van der Waals surface area contributed by atoms with Gasteiger partial charge in [-0.25, -0.2) is 18.2 Å². The van der Waals surface area contributed by atoms with Crippen LogP contribution in [-0.2, 0) is 17.9 Å². The molecule has 2 aromatic heterocycles. The summed E-state index contributed by atoms with van der Waals surface area (Å²) in [7, 11) is 0. The van der Waals surface area contributed by atoms with Gasteiger partial charge in [0.25, 0.3) is 6.43 Å². The predicted molar refractivity (Wildman–Crippen MR) is 105 cm³/mol. The summed E-state index contributed by atoms with van der Waals surface area (Å²) in [5.74, 6) is -0.815. The van der Waals surface area contributed by atoms with Gasteiger partial charge in [-0.3, -0.25) is 0 Å². The molecular formula is C18H23ClF3N3OS. The number of aromatic nitrogens is 2. The first-order valence-electron chi connectivity index (χ1n) is 8.34. The Balaban J connectivity index is 2.75. The zero-order valence-corrected chi connectivity index (χ0v) is 17.7. The first-order valence-corrected chi connectivity index (χ1v) is 9.83. The van der Waals surface area contributed by atoms with Crippen molar-refractivity contribution in [2.24, 2.45) is 9.81 Å². The Kier molecular flexibility index (Phi) is 6.24. The molecular weight excluding hydrogens is 399 g/mol. The third-order valence-corrected chi connectivity index (χ3v) is 5.27. The maximum Gasteiger partial charge on any atom is 0.285 e. The molecule has 9 heteroatoms. The van der Waals surface area contributed by atoms with Crippen LogP contribution in [0.5, 0.6) is 0 Å². The van der Waals surface area contributed by atoms with E-state index >= 15 is 0 Å². The van der Waals surface area contributed by atoms with Crippen molar-refractivity contribution in [3.05, 3.63) is 28.8 Å². The van der Waals surface area contributed by atoms with Crippen molar-refractivity contribution in [2.45, 2.75) is 59.3 Å². The number of hydrogen-bond donors (Lipinski definition) is 0. The molecule has 0 saturated carbocycles. The number of pyridine rings is 1. The SMILES string of the molecule is CC(C)(C)Cn1cc(/C(=N\[S@@+]([O-])C(C)(C)C)C(F)F)c2cc(F)c(Cl)nc21. The molecule has 0 amide bonds. The lowest BCUT2D eigenvalue weighted by atomic mass is 9.97. The highest BCUT2D eigenvalue weighted by Gasteiger charge is 2.32. The summed E-state index contributed by atoms with van der Waals surface area (Å²) in [6.45, 7) is 11.3. The van der Waals surface area contributed by atoms with Gasteiger partial charge in [-0.05, 0) is 32.3 Å². The summed E-state index contributed by atoms with van der Waals surface area (Å²) < 4.78 is 58.5. The van der Waals surface area contributed by atoms with Gasteiger partial charge >= 0.3 is 0 Å². The standard InChI is InChI=1S/C18H23ClF3N3OS/c1-17(2,3)9-25-8-11(10-7-12(20)14(19)23-16(10)25)13(15(21)22)24-27(26)18(4,5)6/h7-8,15H,9H2,1-6H3/b24-13+/t27-/m0/s1. The molecule has 0 saturated heterocycles. The van der Waals surface area contributed by atoms with E-state index in [-0.39, 0.29) is 27.2 Å². The Morgan fingerprint density at radius 1 is 1.30 bits per heavy atom. The minimum absolute atomic E-state index is 0.00455. The molecule has 27 heavy (non-hydrogen) atoms. The van der Waals surface area contributed by atoms with Gasteiger partial charge in [0.05, 0.1) is 0 Å². The zero-order chi connectivity index (χ0) is 20.7. The van der Waals surface area contributed by atoms with Gasteiger partial charge in [-0.1, -0.05) is 36.8 Å². The Morgan fingerprint density at radius 3 is 2.37 bits per heavy atom. The molecule has 1 atom stereocenters. The lowest BCUT2D eigenvalue weighted by Gasteiger charge is -2.19. The fourth-order valence-corrected chi connectivity index (χ4v) is 3.19. The molecule has 0 fully saturated rings. The molecule has 4 nitrogen and oxygen atoms in total. The van der Waals surface area contributed by atoms with E-state index in [2.05, 4.69) is 9.38 Å². The average Bonchev–Trinajstić information content (AvgIpc) is 2.79. The third-order valence-electron chi connectivity index (χ3n) is 3.59. The predicted octanol–water partition coefficient (Wildman–Crippen LogP) is 5.39. The molecule has 2 rings (SSSR count). The molecule has 0 aliphatic heterocycles. The highest BCUT2D eigenvalue weighted by Crippen LogP contribution is 2.30. The summed E-state index contributed by atoms with van der Waals surface area (Å²) in [6, 6.07) is 1.07. The van der Waals surface area contributed by atoms with E-state index in [1.54, 1.807) is 25.3 Å². The van der Waals surface area contributed by atoms with Crippen LogP contribution in [-0.4, -0.2) is 31.0 Å². The van der Waals surface area contributed by atoms with Crippen molar-refractivity contribution in [1.29, 1.82) is 0 Å². The van der Waals surface area contributed by atoms with Crippen molar-refractivity contribution < 1.29 is 17.7 Å². The Hall–Kier alpha value is -1.25. The van der Waals surface area contributed by atoms with Crippen LogP contribution in [0.3, 0.4) is 0 Å². The quantitative estimate of drug-likeness (QED) is 0.377. The fraction of sp³-hybridized carbons (Fsp3) is 0.556. The molecule has 150 valence electrons. The van der Waals surface area contributed by atoms with E-state index in [9.17, 15) is 17.7 Å². The van der Waals surface area contributed by atoms with Gasteiger partial charge in [-0.2, -0.15) is 0 Å². The maximum atomic E-state index is 14.0. The first-order chi connectivity index (χ1) is 12.2. The van der Waals surface area contributed by atoms with E-state index in [1.807, 2.05) is 20.8 Å². The smallest absolute Gasteiger partial charge is 0.285 e. The lowest BCUT2D eigenvalue weighted by molar-refractivity contribution is 0.226. The number of nitrogens with zero attached hydrogens (tertiary/aromatic N) is 3. The van der Waals surface area contributed by atoms with Gasteiger partial charge in [-0.15, -0.1) is 0 Å². The van der Waals surface area contributed by atoms with E-state index < -0.39 is 34.1 Å². The number of alkyl halides is 2. The van der Waals surface area contributed by atoms with Gasteiger partial charge in [0.15, 0.2) is 16.7 Å². The second kappa shape index (κ2) is 7.64. The van der Waals surface area contributed by atoms with Gasteiger partial charge in [0.2, 0.25) is 0 Å². The summed E-state index contributed by atoms with van der Waals surface area (Å²) >= 11 is 3.91. The van der Waals surface area contributed by atoms with E-state index in [1.165, 1.54) is 6.20 Å². The van der Waals surface area contributed by atoms with Crippen LogP contribution in [0.15, 0.2) is 16.7 Å². The Bertz CT molecular complexity index is 869. The number of fused-ring (bicyclic) bond motifs is 1. The molecule has 0 bridgehead atoms. The largest absolute Gasteiger partial charge is 0.591 e. The summed E-state index contributed by atoms with van der Waals surface area (Å²) in [6.07, 6.45) is -1.53. The van der Waals surface area contributed by atoms with Crippen LogP contribution < -0.4 is 0 Å². The molecule has 0 spiro atoms. The fourth-order valence-electron chi connectivity index (χ4n) is 2.43. The summed E-state index contributed by atoms with van der Waals surface area (Å²) in [5, 5.41) is -0.178. The number of halogens is 4. The molecule has 0 radical (unpaired) electrons.